The van der Waals surface area contributed by atoms with E-state index in [-0.39, 0.29) is 19.0 Å². The molecule has 0 aliphatic carbocycles. The van der Waals surface area contributed by atoms with Crippen LogP contribution in [-0.4, -0.2) is 65.0 Å². The summed E-state index contributed by atoms with van der Waals surface area (Å²) >= 11 is 0. The van der Waals surface area contributed by atoms with Crippen LogP contribution in [0, 0.1) is 0 Å². The zero-order valence-corrected chi connectivity index (χ0v) is 11.6. The van der Waals surface area contributed by atoms with Gasteiger partial charge in [0.2, 0.25) is 0 Å². The van der Waals surface area contributed by atoms with Crippen LogP contribution in [0.25, 0.3) is 0 Å². The Bertz CT molecular complexity index is 522. The second-order valence-corrected chi connectivity index (χ2v) is 4.61. The van der Waals surface area contributed by atoms with E-state index in [1.807, 2.05) is 0 Å². The van der Waals surface area contributed by atoms with Crippen molar-refractivity contribution in [1.29, 1.82) is 0 Å². The summed E-state index contributed by atoms with van der Waals surface area (Å²) in [7, 11) is 1.52. The molecule has 21 heavy (non-hydrogen) atoms. The summed E-state index contributed by atoms with van der Waals surface area (Å²) in [6, 6.07) is 1.44. The van der Waals surface area contributed by atoms with E-state index in [4.69, 9.17) is 19.9 Å². The number of ether oxygens (including phenoxy) is 3. The number of nitrogens with two attached hydrogens (primary N) is 1. The molecule has 0 radical (unpaired) electrons. The number of aliphatic hydroxyl groups excluding tert-OH is 2. The van der Waals surface area contributed by atoms with E-state index < -0.39 is 30.2 Å². The van der Waals surface area contributed by atoms with Crippen LogP contribution < -0.4 is 11.4 Å². The Morgan fingerprint density at radius 2 is 2.29 bits per heavy atom. The Kier molecular flexibility index (Phi) is 5.26. The molecule has 2 rings (SSSR count). The van der Waals surface area contributed by atoms with Gasteiger partial charge in [0.1, 0.15) is 24.1 Å². The van der Waals surface area contributed by atoms with Crippen LogP contribution in [0.2, 0.25) is 0 Å². The van der Waals surface area contributed by atoms with Crippen LogP contribution >= 0.6 is 0 Å². The molecular formula is C12H19N3O6. The van der Waals surface area contributed by atoms with Crippen LogP contribution in [0.5, 0.6) is 0 Å². The number of methoxy groups -OCH3 is 1. The SMILES string of the molecule is COCCOC1[C@@H](O)[C@@H](CO)O[C@H]1n1ccc(N)nc1=O. The third kappa shape index (κ3) is 3.39. The van der Waals surface area contributed by atoms with Crippen molar-refractivity contribution in [2.45, 2.75) is 24.5 Å². The lowest BCUT2D eigenvalue weighted by Crippen LogP contribution is -2.38. The minimum Gasteiger partial charge on any atom is -0.394 e. The molecule has 0 amide bonds. The molecule has 1 saturated heterocycles. The highest BCUT2D eigenvalue weighted by molar-refractivity contribution is 5.23. The maximum absolute atomic E-state index is 11.9. The Balaban J connectivity index is 2.23. The van der Waals surface area contributed by atoms with Crippen molar-refractivity contribution in [2.75, 3.05) is 32.7 Å². The Labute approximate surface area is 120 Å². The van der Waals surface area contributed by atoms with Gasteiger partial charge in [-0.15, -0.1) is 0 Å². The van der Waals surface area contributed by atoms with Gasteiger partial charge in [0.05, 0.1) is 19.8 Å². The fourth-order valence-electron chi connectivity index (χ4n) is 2.16. The molecule has 1 aliphatic heterocycles. The van der Waals surface area contributed by atoms with Crippen molar-refractivity contribution in [3.8, 4) is 0 Å². The topological polar surface area (TPSA) is 129 Å². The van der Waals surface area contributed by atoms with E-state index in [0.717, 1.165) is 0 Å². The number of hydrogen-bond acceptors (Lipinski definition) is 8. The lowest BCUT2D eigenvalue weighted by molar-refractivity contribution is -0.0818. The Hall–Kier alpha value is -1.52. The molecule has 1 aliphatic rings. The third-order valence-electron chi connectivity index (χ3n) is 3.22. The number of rotatable bonds is 6. The molecule has 0 saturated carbocycles. The Morgan fingerprint density at radius 1 is 1.52 bits per heavy atom. The number of anilines is 1. The normalized spacial score (nSPS) is 28.9. The van der Waals surface area contributed by atoms with Crippen molar-refractivity contribution in [2.24, 2.45) is 0 Å². The van der Waals surface area contributed by atoms with E-state index in [1.54, 1.807) is 0 Å². The van der Waals surface area contributed by atoms with E-state index >= 15 is 0 Å². The number of nitrogens with zero attached hydrogens (tertiary/aromatic N) is 2. The molecule has 1 aromatic heterocycles. The van der Waals surface area contributed by atoms with Gasteiger partial charge in [-0.1, -0.05) is 0 Å². The molecule has 0 aromatic carbocycles. The summed E-state index contributed by atoms with van der Waals surface area (Å²) in [6.45, 7) is 0.154. The maximum atomic E-state index is 11.9. The van der Waals surface area contributed by atoms with Gasteiger partial charge in [-0.3, -0.25) is 4.57 Å². The average molecular weight is 301 g/mol. The predicted molar refractivity (Wildman–Crippen MR) is 71.5 cm³/mol. The van der Waals surface area contributed by atoms with Crippen molar-refractivity contribution >= 4 is 5.82 Å². The molecule has 0 bridgehead atoms. The minimum atomic E-state index is -1.07. The van der Waals surface area contributed by atoms with Gasteiger partial charge < -0.3 is 30.2 Å². The maximum Gasteiger partial charge on any atom is 0.351 e. The van der Waals surface area contributed by atoms with Crippen LogP contribution in [0.15, 0.2) is 17.1 Å². The first-order valence-corrected chi connectivity index (χ1v) is 6.48. The molecule has 118 valence electrons. The standard InChI is InChI=1S/C12H19N3O6/c1-19-4-5-20-10-9(17)7(6-16)21-11(10)15-3-2-8(13)14-12(15)18/h2-3,7,9-11,16-17H,4-6H2,1H3,(H2,13,14,18)/t7-,9+,10?,11-/m1/s1. The second kappa shape index (κ2) is 6.96. The molecule has 9 heteroatoms. The van der Waals surface area contributed by atoms with Crippen LogP contribution in [0.3, 0.4) is 0 Å². The van der Waals surface area contributed by atoms with Crippen molar-refractivity contribution in [3.05, 3.63) is 22.7 Å². The van der Waals surface area contributed by atoms with Gasteiger partial charge >= 0.3 is 5.69 Å². The number of aliphatic hydroxyl groups is 2. The smallest absolute Gasteiger partial charge is 0.351 e. The van der Waals surface area contributed by atoms with Gasteiger partial charge in [0, 0.05) is 13.3 Å². The van der Waals surface area contributed by atoms with Gasteiger partial charge in [-0.05, 0) is 6.07 Å². The molecule has 4 N–H and O–H groups in total. The third-order valence-corrected chi connectivity index (χ3v) is 3.22. The first kappa shape index (κ1) is 15.9. The zero-order valence-electron chi connectivity index (χ0n) is 11.6. The molecule has 1 fully saturated rings. The first-order valence-electron chi connectivity index (χ1n) is 6.48. The summed E-state index contributed by atoms with van der Waals surface area (Å²) < 4.78 is 17.0. The van der Waals surface area contributed by atoms with E-state index in [1.165, 1.54) is 23.9 Å². The second-order valence-electron chi connectivity index (χ2n) is 4.61. The molecule has 2 heterocycles. The monoisotopic (exact) mass is 301 g/mol. The largest absolute Gasteiger partial charge is 0.394 e. The molecule has 1 aromatic rings. The number of aromatic nitrogens is 2. The lowest BCUT2D eigenvalue weighted by atomic mass is 10.1. The number of nitrogen functional groups attached to an aromatic ring is 1. The lowest BCUT2D eigenvalue weighted by Gasteiger charge is -2.22. The van der Waals surface area contributed by atoms with Gasteiger partial charge in [0.25, 0.3) is 0 Å². The minimum absolute atomic E-state index is 0.0883. The van der Waals surface area contributed by atoms with Crippen molar-refractivity contribution in [3.63, 3.8) is 0 Å². The van der Waals surface area contributed by atoms with Crippen molar-refractivity contribution < 1.29 is 24.4 Å². The summed E-state index contributed by atoms with van der Waals surface area (Å²) in [5, 5.41) is 19.3. The van der Waals surface area contributed by atoms with E-state index in [2.05, 4.69) is 4.98 Å². The van der Waals surface area contributed by atoms with Gasteiger partial charge in [-0.25, -0.2) is 4.79 Å². The summed E-state index contributed by atoms with van der Waals surface area (Å²) in [5.41, 5.74) is 4.82. The summed E-state index contributed by atoms with van der Waals surface area (Å²) in [5.74, 6) is 0.0883. The summed E-state index contributed by atoms with van der Waals surface area (Å²) in [6.07, 6.45) is -2.21. The highest BCUT2D eigenvalue weighted by atomic mass is 16.6. The quantitative estimate of drug-likeness (QED) is 0.520. The molecular weight excluding hydrogens is 282 g/mol. The molecule has 0 spiro atoms. The molecule has 4 atom stereocenters. The van der Waals surface area contributed by atoms with E-state index in [0.29, 0.717) is 6.61 Å². The van der Waals surface area contributed by atoms with Crippen LogP contribution in [0.1, 0.15) is 6.23 Å². The molecule has 9 nitrogen and oxygen atoms in total. The highest BCUT2D eigenvalue weighted by Gasteiger charge is 2.45. The van der Waals surface area contributed by atoms with Crippen LogP contribution in [0.4, 0.5) is 5.82 Å². The fraction of sp³-hybridized carbons (Fsp3) is 0.667. The van der Waals surface area contributed by atoms with Crippen LogP contribution in [-0.2, 0) is 14.2 Å². The van der Waals surface area contributed by atoms with Crippen molar-refractivity contribution in [1.82, 2.24) is 9.55 Å². The van der Waals surface area contributed by atoms with Gasteiger partial charge in [-0.2, -0.15) is 4.98 Å². The number of hydrogen-bond donors (Lipinski definition) is 3. The van der Waals surface area contributed by atoms with Gasteiger partial charge in [0.15, 0.2) is 6.23 Å². The first-order chi connectivity index (χ1) is 10.1. The zero-order chi connectivity index (χ0) is 15.4. The Morgan fingerprint density at radius 3 is 2.90 bits per heavy atom. The molecule has 1 unspecified atom stereocenters. The van der Waals surface area contributed by atoms with E-state index in [9.17, 15) is 15.0 Å². The fourth-order valence-corrected chi connectivity index (χ4v) is 2.16. The highest BCUT2D eigenvalue weighted by Crippen LogP contribution is 2.30. The average Bonchev–Trinajstić information content (AvgIpc) is 2.76. The summed E-state index contributed by atoms with van der Waals surface area (Å²) in [4.78, 5) is 15.5. The predicted octanol–water partition coefficient (Wildman–Crippen LogP) is -1.89.